The van der Waals surface area contributed by atoms with Crippen molar-refractivity contribution in [1.29, 1.82) is 0 Å². The molecule has 0 radical (unpaired) electrons. The number of piperidine rings is 1. The molecule has 17 heavy (non-hydrogen) atoms. The second kappa shape index (κ2) is 3.98. The summed E-state index contributed by atoms with van der Waals surface area (Å²) in [5.74, 6) is 1.55. The molecule has 96 valence electrons. The van der Waals surface area contributed by atoms with Gasteiger partial charge in [-0.05, 0) is 63.5 Å². The molecule has 0 aromatic heterocycles. The van der Waals surface area contributed by atoms with Gasteiger partial charge < -0.3 is 10.2 Å². The lowest BCUT2D eigenvalue weighted by Crippen LogP contribution is -2.39. The van der Waals surface area contributed by atoms with Gasteiger partial charge >= 0.3 is 0 Å². The maximum absolute atomic E-state index is 12.5. The minimum absolute atomic E-state index is 0.343. The average molecular weight is 236 g/mol. The molecule has 3 nitrogen and oxygen atoms in total. The number of rotatable bonds is 3. The highest BCUT2D eigenvalue weighted by molar-refractivity contribution is 5.82. The van der Waals surface area contributed by atoms with Gasteiger partial charge in [0.25, 0.3) is 0 Å². The Labute approximate surface area is 104 Å². The molecule has 2 atom stereocenters. The Balaban J connectivity index is 1.59. The van der Waals surface area contributed by atoms with Crippen molar-refractivity contribution < 1.29 is 4.79 Å². The molecule has 3 heteroatoms. The first-order valence-corrected chi connectivity index (χ1v) is 7.11. The highest BCUT2D eigenvalue weighted by atomic mass is 16.2. The molecular formula is C14H24N2O. The summed E-state index contributed by atoms with van der Waals surface area (Å²) in [7, 11) is 2.01. The molecule has 0 bridgehead atoms. The fourth-order valence-corrected chi connectivity index (χ4v) is 3.52. The van der Waals surface area contributed by atoms with E-state index in [2.05, 4.69) is 12.2 Å². The van der Waals surface area contributed by atoms with Gasteiger partial charge in [0.2, 0.25) is 5.91 Å². The topological polar surface area (TPSA) is 32.3 Å². The monoisotopic (exact) mass is 236 g/mol. The first-order valence-electron chi connectivity index (χ1n) is 7.11. The van der Waals surface area contributed by atoms with Gasteiger partial charge in [0.05, 0.1) is 0 Å². The zero-order chi connectivity index (χ0) is 12.0. The summed E-state index contributed by atoms with van der Waals surface area (Å²) in [6, 6.07) is 0.460. The van der Waals surface area contributed by atoms with Crippen molar-refractivity contribution >= 4 is 5.91 Å². The van der Waals surface area contributed by atoms with E-state index in [0.717, 1.165) is 25.4 Å². The van der Waals surface area contributed by atoms with Crippen molar-refractivity contribution in [3.63, 3.8) is 0 Å². The quantitative estimate of drug-likeness (QED) is 0.808. The van der Waals surface area contributed by atoms with Crippen LogP contribution < -0.4 is 5.32 Å². The van der Waals surface area contributed by atoms with E-state index in [-0.39, 0.29) is 0 Å². The molecule has 3 rings (SSSR count). The van der Waals surface area contributed by atoms with Crippen LogP contribution >= 0.6 is 0 Å². The summed E-state index contributed by atoms with van der Waals surface area (Å²) >= 11 is 0. The fourth-order valence-electron chi connectivity index (χ4n) is 3.52. The lowest BCUT2D eigenvalue weighted by Gasteiger charge is -2.28. The largest absolute Gasteiger partial charge is 0.343 e. The summed E-state index contributed by atoms with van der Waals surface area (Å²) in [5, 5.41) is 3.40. The normalized spacial score (nSPS) is 32.2. The molecule has 2 saturated carbocycles. The number of carbonyl (C=O) groups excluding carboxylic acids is 1. The second-order valence-electron chi connectivity index (χ2n) is 6.40. The van der Waals surface area contributed by atoms with Crippen LogP contribution in [0.2, 0.25) is 0 Å². The smallest absolute Gasteiger partial charge is 0.226 e. The molecular weight excluding hydrogens is 212 g/mol. The van der Waals surface area contributed by atoms with E-state index >= 15 is 0 Å². The number of hydrogen-bond acceptors (Lipinski definition) is 2. The van der Waals surface area contributed by atoms with Gasteiger partial charge in [0.1, 0.15) is 0 Å². The molecule has 1 aliphatic heterocycles. The van der Waals surface area contributed by atoms with Gasteiger partial charge in [-0.3, -0.25) is 4.79 Å². The minimum atomic E-state index is 0.343. The third-order valence-electron chi connectivity index (χ3n) is 5.35. The van der Waals surface area contributed by atoms with Crippen molar-refractivity contribution in [2.45, 2.75) is 45.1 Å². The van der Waals surface area contributed by atoms with E-state index in [4.69, 9.17) is 0 Å². The Morgan fingerprint density at radius 1 is 1.35 bits per heavy atom. The van der Waals surface area contributed by atoms with Crippen molar-refractivity contribution in [2.75, 3.05) is 20.1 Å². The molecule has 1 saturated heterocycles. The van der Waals surface area contributed by atoms with Gasteiger partial charge in [-0.15, -0.1) is 0 Å². The Morgan fingerprint density at radius 2 is 2.00 bits per heavy atom. The van der Waals surface area contributed by atoms with Gasteiger partial charge in [0.15, 0.2) is 0 Å². The van der Waals surface area contributed by atoms with E-state index in [1.807, 2.05) is 11.9 Å². The summed E-state index contributed by atoms with van der Waals surface area (Å²) in [6.07, 6.45) is 6.19. The SMILES string of the molecule is CC(C1CC1)N(C)C(=O)C1CC12CCNCC2. The van der Waals surface area contributed by atoms with Crippen LogP contribution in [0.3, 0.4) is 0 Å². The number of amides is 1. The van der Waals surface area contributed by atoms with Crippen LogP contribution in [0.25, 0.3) is 0 Å². The fraction of sp³-hybridized carbons (Fsp3) is 0.929. The highest BCUT2D eigenvalue weighted by Crippen LogP contribution is 2.59. The molecule has 0 aromatic carbocycles. The molecule has 1 heterocycles. The van der Waals surface area contributed by atoms with Crippen LogP contribution in [0.4, 0.5) is 0 Å². The van der Waals surface area contributed by atoms with Crippen LogP contribution in [0.1, 0.15) is 39.0 Å². The van der Waals surface area contributed by atoms with E-state index in [9.17, 15) is 4.79 Å². The van der Waals surface area contributed by atoms with E-state index in [0.29, 0.717) is 23.3 Å². The lowest BCUT2D eigenvalue weighted by atomic mass is 9.91. The van der Waals surface area contributed by atoms with Crippen LogP contribution in [-0.2, 0) is 4.79 Å². The Kier molecular flexibility index (Phi) is 2.69. The summed E-state index contributed by atoms with van der Waals surface area (Å²) in [5.41, 5.74) is 0.389. The highest BCUT2D eigenvalue weighted by Gasteiger charge is 2.58. The van der Waals surface area contributed by atoms with E-state index in [1.165, 1.54) is 25.7 Å². The summed E-state index contributed by atoms with van der Waals surface area (Å²) in [4.78, 5) is 14.5. The van der Waals surface area contributed by atoms with E-state index in [1.54, 1.807) is 0 Å². The van der Waals surface area contributed by atoms with Gasteiger partial charge in [-0.25, -0.2) is 0 Å². The molecule has 1 spiro atoms. The number of nitrogens with one attached hydrogen (secondary N) is 1. The predicted molar refractivity (Wildman–Crippen MR) is 67.6 cm³/mol. The molecule has 2 aliphatic carbocycles. The maximum Gasteiger partial charge on any atom is 0.226 e. The molecule has 1 N–H and O–H groups in total. The standard InChI is InChI=1S/C14H24N2O/c1-10(11-3-4-11)16(2)13(17)12-9-14(12)5-7-15-8-6-14/h10-12,15H,3-9H2,1-2H3. The van der Waals surface area contributed by atoms with Crippen LogP contribution in [0.15, 0.2) is 0 Å². The lowest BCUT2D eigenvalue weighted by molar-refractivity contribution is -0.134. The third-order valence-corrected chi connectivity index (χ3v) is 5.35. The minimum Gasteiger partial charge on any atom is -0.343 e. The van der Waals surface area contributed by atoms with Gasteiger partial charge in [-0.1, -0.05) is 0 Å². The van der Waals surface area contributed by atoms with Gasteiger partial charge in [0, 0.05) is 19.0 Å². The number of nitrogens with zero attached hydrogens (tertiary/aromatic N) is 1. The maximum atomic E-state index is 12.5. The number of hydrogen-bond donors (Lipinski definition) is 1. The first-order chi connectivity index (χ1) is 8.14. The average Bonchev–Trinajstić information content (AvgIpc) is 3.23. The first kappa shape index (κ1) is 11.5. The van der Waals surface area contributed by atoms with Crippen LogP contribution in [0.5, 0.6) is 0 Å². The summed E-state index contributed by atoms with van der Waals surface area (Å²) in [6.45, 7) is 4.42. The molecule has 0 aromatic rings. The van der Waals surface area contributed by atoms with Crippen molar-refractivity contribution in [2.24, 2.45) is 17.3 Å². The predicted octanol–water partition coefficient (Wildman–Crippen LogP) is 1.63. The molecule has 3 fully saturated rings. The summed E-state index contributed by atoms with van der Waals surface area (Å²) < 4.78 is 0. The van der Waals surface area contributed by atoms with E-state index < -0.39 is 0 Å². The Hall–Kier alpha value is -0.570. The molecule has 2 unspecified atom stereocenters. The molecule has 1 amide bonds. The van der Waals surface area contributed by atoms with Crippen molar-refractivity contribution in [3.05, 3.63) is 0 Å². The van der Waals surface area contributed by atoms with Crippen LogP contribution in [0, 0.1) is 17.3 Å². The van der Waals surface area contributed by atoms with Crippen molar-refractivity contribution in [3.8, 4) is 0 Å². The van der Waals surface area contributed by atoms with Crippen molar-refractivity contribution in [1.82, 2.24) is 10.2 Å². The third kappa shape index (κ3) is 1.99. The number of carbonyl (C=O) groups is 1. The zero-order valence-corrected chi connectivity index (χ0v) is 11.0. The zero-order valence-electron chi connectivity index (χ0n) is 11.0. The second-order valence-corrected chi connectivity index (χ2v) is 6.40. The van der Waals surface area contributed by atoms with Crippen LogP contribution in [-0.4, -0.2) is 37.0 Å². The Bertz CT molecular complexity index is 318. The molecule has 3 aliphatic rings. The van der Waals surface area contributed by atoms with Gasteiger partial charge in [-0.2, -0.15) is 0 Å². The Morgan fingerprint density at radius 3 is 2.59 bits per heavy atom.